The van der Waals surface area contributed by atoms with Crippen molar-refractivity contribution in [3.63, 3.8) is 0 Å². The van der Waals surface area contributed by atoms with Crippen LogP contribution in [-0.4, -0.2) is 30.1 Å². The Morgan fingerprint density at radius 2 is 1.94 bits per heavy atom. The lowest BCUT2D eigenvalue weighted by molar-refractivity contribution is 0.0917. The fraction of sp³-hybridized carbons (Fsp3) is 0.259. The topological polar surface area (TPSA) is 51.7 Å². The Bertz CT molecular complexity index is 1250. The first-order valence-corrected chi connectivity index (χ1v) is 12.2. The molecule has 0 bridgehead atoms. The largest absolute Gasteiger partial charge is 0.457 e. The van der Waals surface area contributed by atoms with Crippen molar-refractivity contribution >= 4 is 32.6 Å². The lowest BCUT2D eigenvalue weighted by atomic mass is 10.1. The van der Waals surface area contributed by atoms with Gasteiger partial charge in [-0.15, -0.1) is 0 Å². The highest BCUT2D eigenvalue weighted by atomic mass is 32.1. The molecule has 1 unspecified atom stereocenters. The van der Waals surface area contributed by atoms with Crippen molar-refractivity contribution in [2.75, 3.05) is 18.1 Å². The predicted molar refractivity (Wildman–Crippen MR) is 133 cm³/mol. The van der Waals surface area contributed by atoms with E-state index < -0.39 is 0 Å². The number of amides is 1. The van der Waals surface area contributed by atoms with Gasteiger partial charge in [-0.25, -0.2) is 4.98 Å². The summed E-state index contributed by atoms with van der Waals surface area (Å²) in [6.45, 7) is 3.37. The van der Waals surface area contributed by atoms with E-state index in [1.54, 1.807) is 22.3 Å². The van der Waals surface area contributed by atoms with Gasteiger partial charge in [0.05, 0.1) is 22.9 Å². The average Bonchev–Trinajstić information content (AvgIpc) is 3.52. The van der Waals surface area contributed by atoms with Crippen LogP contribution in [0.15, 0.2) is 72.8 Å². The molecule has 0 aliphatic carbocycles. The van der Waals surface area contributed by atoms with E-state index in [9.17, 15) is 4.79 Å². The normalized spacial score (nSPS) is 15.6. The van der Waals surface area contributed by atoms with Crippen LogP contribution in [-0.2, 0) is 11.2 Å². The van der Waals surface area contributed by atoms with Gasteiger partial charge in [-0.3, -0.25) is 9.69 Å². The highest BCUT2D eigenvalue weighted by Crippen LogP contribution is 2.32. The van der Waals surface area contributed by atoms with E-state index in [0.717, 1.165) is 41.8 Å². The fourth-order valence-corrected chi connectivity index (χ4v) is 5.04. The zero-order chi connectivity index (χ0) is 22.6. The zero-order valence-electron chi connectivity index (χ0n) is 18.6. The van der Waals surface area contributed by atoms with Crippen molar-refractivity contribution in [2.45, 2.75) is 32.3 Å². The molecule has 1 aliphatic heterocycles. The van der Waals surface area contributed by atoms with Crippen molar-refractivity contribution in [3.05, 3.63) is 83.9 Å². The molecule has 5 nitrogen and oxygen atoms in total. The van der Waals surface area contributed by atoms with Crippen molar-refractivity contribution in [1.82, 2.24) is 4.98 Å². The number of para-hydroxylation sites is 1. The Morgan fingerprint density at radius 1 is 1.09 bits per heavy atom. The number of benzene rings is 3. The van der Waals surface area contributed by atoms with Crippen LogP contribution in [0.2, 0.25) is 0 Å². The van der Waals surface area contributed by atoms with Gasteiger partial charge in [0.1, 0.15) is 11.5 Å². The molecule has 1 atom stereocenters. The van der Waals surface area contributed by atoms with Gasteiger partial charge in [0.25, 0.3) is 5.91 Å². The van der Waals surface area contributed by atoms with Crippen LogP contribution in [0.25, 0.3) is 10.2 Å². The molecule has 0 radical (unpaired) electrons. The number of anilines is 1. The highest BCUT2D eigenvalue weighted by Gasteiger charge is 2.27. The molecule has 6 heteroatoms. The van der Waals surface area contributed by atoms with Crippen LogP contribution in [0.4, 0.5) is 5.13 Å². The smallest absolute Gasteiger partial charge is 0.260 e. The highest BCUT2D eigenvalue weighted by molar-refractivity contribution is 7.22. The molecular formula is C27H26N2O3S. The summed E-state index contributed by atoms with van der Waals surface area (Å²) < 4.78 is 12.9. The van der Waals surface area contributed by atoms with E-state index in [1.165, 1.54) is 5.56 Å². The maximum atomic E-state index is 13.7. The first kappa shape index (κ1) is 21.6. The van der Waals surface area contributed by atoms with Gasteiger partial charge in [0.2, 0.25) is 0 Å². The third-order valence-electron chi connectivity index (χ3n) is 5.80. The molecule has 1 amide bonds. The zero-order valence-corrected chi connectivity index (χ0v) is 19.4. The molecular weight excluding hydrogens is 432 g/mol. The van der Waals surface area contributed by atoms with Gasteiger partial charge in [0, 0.05) is 12.2 Å². The van der Waals surface area contributed by atoms with Crippen LogP contribution in [0.3, 0.4) is 0 Å². The molecule has 0 N–H and O–H groups in total. The summed E-state index contributed by atoms with van der Waals surface area (Å²) in [6.07, 6.45) is 2.96. The van der Waals surface area contributed by atoms with Crippen molar-refractivity contribution in [3.8, 4) is 11.5 Å². The predicted octanol–water partition coefficient (Wildman–Crippen LogP) is 6.48. The summed E-state index contributed by atoms with van der Waals surface area (Å²) in [6, 6.07) is 23.2. The Kier molecular flexibility index (Phi) is 6.37. The summed E-state index contributed by atoms with van der Waals surface area (Å²) in [5.41, 5.74) is 2.74. The van der Waals surface area contributed by atoms with Crippen LogP contribution < -0.4 is 9.64 Å². The van der Waals surface area contributed by atoms with Gasteiger partial charge in [0.15, 0.2) is 5.13 Å². The number of hydrogen-bond acceptors (Lipinski definition) is 5. The molecule has 1 aromatic heterocycles. The summed E-state index contributed by atoms with van der Waals surface area (Å²) in [7, 11) is 0. The Hall–Kier alpha value is -3.22. The quantitative estimate of drug-likeness (QED) is 0.318. The minimum Gasteiger partial charge on any atom is -0.457 e. The SMILES string of the molecule is CCc1ccc2nc(N(CC3CCCO3)C(=O)c3cccc(Oc4ccccc4)c3)sc2c1. The summed E-state index contributed by atoms with van der Waals surface area (Å²) in [5.74, 6) is 1.26. The number of aromatic nitrogens is 1. The van der Waals surface area contributed by atoms with Crippen molar-refractivity contribution in [2.24, 2.45) is 0 Å². The van der Waals surface area contributed by atoms with E-state index in [2.05, 4.69) is 19.1 Å². The van der Waals surface area contributed by atoms with Gasteiger partial charge < -0.3 is 9.47 Å². The molecule has 168 valence electrons. The molecule has 1 fully saturated rings. The van der Waals surface area contributed by atoms with Gasteiger partial charge in [-0.2, -0.15) is 0 Å². The molecule has 0 spiro atoms. The Morgan fingerprint density at radius 3 is 2.73 bits per heavy atom. The second-order valence-corrected chi connectivity index (χ2v) is 9.15. The molecule has 3 aromatic carbocycles. The van der Waals surface area contributed by atoms with Gasteiger partial charge in [-0.05, 0) is 67.3 Å². The number of thiazole rings is 1. The number of carbonyl (C=O) groups excluding carboxylic acids is 1. The molecule has 2 heterocycles. The first-order chi connectivity index (χ1) is 16.2. The number of nitrogens with zero attached hydrogens (tertiary/aromatic N) is 2. The number of carbonyl (C=O) groups is 1. The van der Waals surface area contributed by atoms with Crippen LogP contribution in [0, 0.1) is 0 Å². The van der Waals surface area contributed by atoms with E-state index in [1.807, 2.05) is 54.6 Å². The number of ether oxygens (including phenoxy) is 2. The second-order valence-electron chi connectivity index (χ2n) is 8.15. The summed E-state index contributed by atoms with van der Waals surface area (Å²) in [5, 5.41) is 0.702. The average molecular weight is 459 g/mol. The third kappa shape index (κ3) is 4.92. The van der Waals surface area contributed by atoms with Gasteiger partial charge in [-0.1, -0.05) is 48.6 Å². The van der Waals surface area contributed by atoms with Gasteiger partial charge >= 0.3 is 0 Å². The van der Waals surface area contributed by atoms with Crippen LogP contribution in [0.5, 0.6) is 11.5 Å². The fourth-order valence-electron chi connectivity index (χ4n) is 4.01. The van der Waals surface area contributed by atoms with Crippen molar-refractivity contribution < 1.29 is 14.3 Å². The third-order valence-corrected chi connectivity index (χ3v) is 6.84. The number of rotatable bonds is 7. The lowest BCUT2D eigenvalue weighted by Crippen LogP contribution is -2.37. The van der Waals surface area contributed by atoms with E-state index in [4.69, 9.17) is 14.5 Å². The molecule has 1 saturated heterocycles. The maximum absolute atomic E-state index is 13.7. The molecule has 1 aliphatic rings. The second kappa shape index (κ2) is 9.73. The first-order valence-electron chi connectivity index (χ1n) is 11.4. The lowest BCUT2D eigenvalue weighted by Gasteiger charge is -2.23. The molecule has 4 aromatic rings. The number of hydrogen-bond donors (Lipinski definition) is 0. The monoisotopic (exact) mass is 458 g/mol. The molecule has 33 heavy (non-hydrogen) atoms. The summed E-state index contributed by atoms with van der Waals surface area (Å²) >= 11 is 1.56. The minimum atomic E-state index is -0.0983. The van der Waals surface area contributed by atoms with E-state index in [0.29, 0.717) is 23.0 Å². The summed E-state index contributed by atoms with van der Waals surface area (Å²) in [4.78, 5) is 20.3. The van der Waals surface area contributed by atoms with E-state index >= 15 is 0 Å². The standard InChI is InChI=1S/C27H26N2O3S/c1-2-19-13-14-24-25(16-19)33-27(28-24)29(18-23-12-7-15-31-23)26(30)20-8-6-11-22(17-20)32-21-9-4-3-5-10-21/h3-6,8-11,13-14,16-17,23H,2,7,12,15,18H2,1H3. The number of fused-ring (bicyclic) bond motifs is 1. The molecule has 5 rings (SSSR count). The minimum absolute atomic E-state index is 0.0240. The Balaban J connectivity index is 1.46. The van der Waals surface area contributed by atoms with E-state index in [-0.39, 0.29) is 12.0 Å². The number of aryl methyl sites for hydroxylation is 1. The van der Waals surface area contributed by atoms with Crippen LogP contribution in [0.1, 0.15) is 35.7 Å². The molecule has 0 saturated carbocycles. The van der Waals surface area contributed by atoms with Crippen LogP contribution >= 0.6 is 11.3 Å². The Labute approximate surface area is 197 Å². The maximum Gasteiger partial charge on any atom is 0.260 e. The van der Waals surface area contributed by atoms with Crippen molar-refractivity contribution in [1.29, 1.82) is 0 Å².